The number of rotatable bonds is 3. The van der Waals surface area contributed by atoms with E-state index in [1.165, 1.54) is 6.26 Å². The Morgan fingerprint density at radius 1 is 1.31 bits per heavy atom. The molecule has 0 aromatic heterocycles. The maximum atomic E-state index is 11.5. The maximum Gasteiger partial charge on any atom is 0.175 e. The van der Waals surface area contributed by atoms with Gasteiger partial charge in [0.15, 0.2) is 9.84 Å². The van der Waals surface area contributed by atoms with Crippen LogP contribution in [0.5, 0.6) is 0 Å². The molecule has 1 fully saturated rings. The highest BCUT2D eigenvalue weighted by Crippen LogP contribution is 2.49. The Labute approximate surface area is 95.4 Å². The monoisotopic (exact) mass is 238 g/mol. The van der Waals surface area contributed by atoms with Gasteiger partial charge in [0, 0.05) is 6.26 Å². The smallest absolute Gasteiger partial charge is 0.175 e. The number of benzene rings is 1. The third kappa shape index (κ3) is 1.78. The van der Waals surface area contributed by atoms with Gasteiger partial charge in [0.2, 0.25) is 0 Å². The molecule has 1 aliphatic rings. The summed E-state index contributed by atoms with van der Waals surface area (Å²) in [6.07, 6.45) is 2.84. The summed E-state index contributed by atoms with van der Waals surface area (Å²) in [5.41, 5.74) is 0.434. The fraction of sp³-hybridized carbons (Fsp3) is 0.417. The molecule has 0 unspecified atom stereocenters. The summed E-state index contributed by atoms with van der Waals surface area (Å²) in [4.78, 5) is 11.8. The van der Waals surface area contributed by atoms with Gasteiger partial charge < -0.3 is 0 Å². The minimum absolute atomic E-state index is 0.123. The van der Waals surface area contributed by atoms with Gasteiger partial charge in [0.1, 0.15) is 5.78 Å². The van der Waals surface area contributed by atoms with E-state index in [4.69, 9.17) is 0 Å². The van der Waals surface area contributed by atoms with Crippen LogP contribution in [0.2, 0.25) is 0 Å². The van der Waals surface area contributed by atoms with Crippen LogP contribution in [-0.2, 0) is 20.0 Å². The molecule has 1 saturated carbocycles. The SMILES string of the molecule is CC(=O)C1(c2cccc(S(C)(=O)=O)c2)CC1. The standard InChI is InChI=1S/C12H14O3S/c1-9(13)12(6-7-12)10-4-3-5-11(8-10)16(2,14)15/h3-5,8H,6-7H2,1-2H3. The van der Waals surface area contributed by atoms with Crippen LogP contribution in [-0.4, -0.2) is 20.5 Å². The number of carbonyl (C=O) groups excluding carboxylic acids is 1. The average Bonchev–Trinajstić information content (AvgIpc) is 2.97. The summed E-state index contributed by atoms with van der Waals surface area (Å²) in [7, 11) is -3.19. The van der Waals surface area contributed by atoms with Crippen molar-refractivity contribution in [1.29, 1.82) is 0 Å². The Morgan fingerprint density at radius 2 is 1.94 bits per heavy atom. The third-order valence-corrected chi connectivity index (χ3v) is 4.35. The molecule has 4 heteroatoms. The molecule has 0 spiro atoms. The maximum absolute atomic E-state index is 11.5. The molecule has 0 heterocycles. The minimum Gasteiger partial charge on any atom is -0.299 e. The lowest BCUT2D eigenvalue weighted by Crippen LogP contribution is -2.17. The lowest BCUT2D eigenvalue weighted by molar-refractivity contribution is -0.119. The van der Waals surface area contributed by atoms with E-state index in [9.17, 15) is 13.2 Å². The fourth-order valence-electron chi connectivity index (χ4n) is 1.99. The van der Waals surface area contributed by atoms with Crippen molar-refractivity contribution in [1.82, 2.24) is 0 Å². The van der Waals surface area contributed by atoms with Crippen molar-refractivity contribution in [3.63, 3.8) is 0 Å². The van der Waals surface area contributed by atoms with Crippen LogP contribution in [0, 0.1) is 0 Å². The molecule has 0 amide bonds. The predicted octanol–water partition coefficient (Wildman–Crippen LogP) is 1.71. The third-order valence-electron chi connectivity index (χ3n) is 3.24. The second-order valence-corrected chi connectivity index (χ2v) is 6.45. The number of hydrogen-bond donors (Lipinski definition) is 0. The Morgan fingerprint density at radius 3 is 2.38 bits per heavy atom. The van der Waals surface area contributed by atoms with E-state index in [2.05, 4.69) is 0 Å². The molecule has 0 aliphatic heterocycles. The van der Waals surface area contributed by atoms with Crippen molar-refractivity contribution < 1.29 is 13.2 Å². The fourth-order valence-corrected chi connectivity index (χ4v) is 2.66. The Kier molecular flexibility index (Phi) is 2.42. The van der Waals surface area contributed by atoms with E-state index in [-0.39, 0.29) is 10.7 Å². The van der Waals surface area contributed by atoms with Gasteiger partial charge in [-0.1, -0.05) is 12.1 Å². The summed E-state index contributed by atoms with van der Waals surface area (Å²) in [6.45, 7) is 1.57. The summed E-state index contributed by atoms with van der Waals surface area (Å²) in [6, 6.07) is 6.73. The van der Waals surface area contributed by atoms with E-state index < -0.39 is 15.3 Å². The lowest BCUT2D eigenvalue weighted by atomic mass is 9.92. The van der Waals surface area contributed by atoms with Crippen molar-refractivity contribution >= 4 is 15.6 Å². The highest BCUT2D eigenvalue weighted by molar-refractivity contribution is 7.90. The summed E-state index contributed by atoms with van der Waals surface area (Å²) in [5, 5.41) is 0. The molecule has 0 N–H and O–H groups in total. The quantitative estimate of drug-likeness (QED) is 0.805. The molecule has 3 nitrogen and oxygen atoms in total. The van der Waals surface area contributed by atoms with E-state index in [0.29, 0.717) is 0 Å². The first-order chi connectivity index (χ1) is 7.36. The Balaban J connectivity index is 2.49. The van der Waals surface area contributed by atoms with Crippen molar-refractivity contribution in [3.05, 3.63) is 29.8 Å². The zero-order valence-electron chi connectivity index (χ0n) is 9.36. The molecule has 0 atom stereocenters. The van der Waals surface area contributed by atoms with Gasteiger partial charge in [-0.25, -0.2) is 8.42 Å². The number of Topliss-reactive ketones (excluding diaryl/α,β-unsaturated/α-hetero) is 1. The number of ketones is 1. The number of carbonyl (C=O) groups is 1. The number of sulfone groups is 1. The second-order valence-electron chi connectivity index (χ2n) is 4.44. The highest BCUT2D eigenvalue weighted by atomic mass is 32.2. The predicted molar refractivity (Wildman–Crippen MR) is 61.1 cm³/mol. The molecule has 0 bridgehead atoms. The summed E-state index contributed by atoms with van der Waals surface area (Å²) >= 11 is 0. The van der Waals surface area contributed by atoms with Crippen LogP contribution < -0.4 is 0 Å². The van der Waals surface area contributed by atoms with Crippen LogP contribution in [0.3, 0.4) is 0 Å². The van der Waals surface area contributed by atoms with Gasteiger partial charge in [-0.05, 0) is 37.5 Å². The molecule has 1 aromatic rings. The number of hydrogen-bond acceptors (Lipinski definition) is 3. The van der Waals surface area contributed by atoms with Crippen molar-refractivity contribution in [2.45, 2.75) is 30.1 Å². The first-order valence-corrected chi connectivity index (χ1v) is 7.07. The van der Waals surface area contributed by atoms with E-state index in [1.807, 2.05) is 6.07 Å². The molecule has 0 radical (unpaired) electrons. The molecule has 86 valence electrons. The molecule has 1 aliphatic carbocycles. The molecule has 1 aromatic carbocycles. The summed E-state index contributed by atoms with van der Waals surface area (Å²) in [5.74, 6) is 0.123. The van der Waals surface area contributed by atoms with Gasteiger partial charge in [-0.3, -0.25) is 4.79 Å². The molecule has 0 saturated heterocycles. The van der Waals surface area contributed by atoms with Crippen LogP contribution >= 0.6 is 0 Å². The Bertz CT molecular complexity index is 539. The van der Waals surface area contributed by atoms with E-state index >= 15 is 0 Å². The van der Waals surface area contributed by atoms with E-state index in [0.717, 1.165) is 18.4 Å². The summed E-state index contributed by atoms with van der Waals surface area (Å²) < 4.78 is 22.8. The van der Waals surface area contributed by atoms with Gasteiger partial charge in [-0.15, -0.1) is 0 Å². The zero-order valence-corrected chi connectivity index (χ0v) is 10.2. The van der Waals surface area contributed by atoms with E-state index in [1.54, 1.807) is 25.1 Å². The normalized spacial score (nSPS) is 18.1. The van der Waals surface area contributed by atoms with Crippen LogP contribution in [0.4, 0.5) is 0 Å². The Hall–Kier alpha value is -1.16. The molecular weight excluding hydrogens is 224 g/mol. The van der Waals surface area contributed by atoms with Gasteiger partial charge >= 0.3 is 0 Å². The van der Waals surface area contributed by atoms with Crippen molar-refractivity contribution in [3.8, 4) is 0 Å². The second kappa shape index (κ2) is 3.42. The topological polar surface area (TPSA) is 51.2 Å². The molecule has 16 heavy (non-hydrogen) atoms. The first kappa shape index (κ1) is 11.3. The molecule has 2 rings (SSSR count). The minimum atomic E-state index is -3.19. The van der Waals surface area contributed by atoms with Gasteiger partial charge in [0.05, 0.1) is 10.3 Å². The van der Waals surface area contributed by atoms with Gasteiger partial charge in [0.25, 0.3) is 0 Å². The zero-order chi connectivity index (χ0) is 12.0. The van der Waals surface area contributed by atoms with Crippen LogP contribution in [0.1, 0.15) is 25.3 Å². The first-order valence-electron chi connectivity index (χ1n) is 5.18. The highest BCUT2D eigenvalue weighted by Gasteiger charge is 2.48. The van der Waals surface area contributed by atoms with Crippen molar-refractivity contribution in [2.24, 2.45) is 0 Å². The average molecular weight is 238 g/mol. The molecular formula is C12H14O3S. The van der Waals surface area contributed by atoms with Crippen LogP contribution in [0.25, 0.3) is 0 Å². The largest absolute Gasteiger partial charge is 0.299 e. The van der Waals surface area contributed by atoms with Crippen LogP contribution in [0.15, 0.2) is 29.2 Å². The van der Waals surface area contributed by atoms with Gasteiger partial charge in [-0.2, -0.15) is 0 Å². The van der Waals surface area contributed by atoms with Crippen molar-refractivity contribution in [2.75, 3.05) is 6.26 Å². The lowest BCUT2D eigenvalue weighted by Gasteiger charge is -2.12.